The normalized spacial score (nSPS) is 11.1. The predicted molar refractivity (Wildman–Crippen MR) is 101 cm³/mol. The van der Waals surface area contributed by atoms with Crippen molar-refractivity contribution in [2.24, 2.45) is 0 Å². The summed E-state index contributed by atoms with van der Waals surface area (Å²) in [7, 11) is 0. The van der Waals surface area contributed by atoms with Crippen LogP contribution in [0.25, 0.3) is 0 Å². The molecule has 1 aromatic rings. The molecule has 0 saturated carbocycles. The minimum absolute atomic E-state index is 0.153. The van der Waals surface area contributed by atoms with Gasteiger partial charge in [-0.3, -0.25) is 19.6 Å². The zero-order valence-electron chi connectivity index (χ0n) is 15.0. The highest BCUT2D eigenvalue weighted by atomic mass is 16.5. The van der Waals surface area contributed by atoms with E-state index < -0.39 is 11.8 Å². The number of nitrogens with zero attached hydrogens (tertiary/aromatic N) is 1. The van der Waals surface area contributed by atoms with Crippen molar-refractivity contribution in [3.05, 3.63) is 66.3 Å². The summed E-state index contributed by atoms with van der Waals surface area (Å²) in [6.45, 7) is 5.61. The van der Waals surface area contributed by atoms with Gasteiger partial charge in [-0.05, 0) is 24.6 Å². The summed E-state index contributed by atoms with van der Waals surface area (Å²) in [4.78, 5) is 36.5. The minimum atomic E-state index is -1.18. The molecule has 3 amide bonds. The van der Waals surface area contributed by atoms with Crippen LogP contribution in [0.1, 0.15) is 12.5 Å². The molecule has 0 aromatic heterocycles. The summed E-state index contributed by atoms with van der Waals surface area (Å²) < 4.78 is 0. The van der Waals surface area contributed by atoms with E-state index in [-0.39, 0.29) is 25.6 Å². The first kappa shape index (κ1) is 21.8. The summed E-state index contributed by atoms with van der Waals surface area (Å²) in [5, 5.41) is 20.0. The second-order valence-corrected chi connectivity index (χ2v) is 5.40. The molecule has 4 N–H and O–H groups in total. The van der Waals surface area contributed by atoms with Crippen LogP contribution in [-0.4, -0.2) is 46.1 Å². The van der Waals surface area contributed by atoms with Crippen molar-refractivity contribution in [3.63, 3.8) is 0 Å². The molecule has 1 rings (SSSR count). The minimum Gasteiger partial charge on any atom is -0.395 e. The molecule has 144 valence electrons. The summed E-state index contributed by atoms with van der Waals surface area (Å²) in [5.74, 6) is -2.43. The van der Waals surface area contributed by atoms with Gasteiger partial charge in [-0.1, -0.05) is 43.0 Å². The largest absolute Gasteiger partial charge is 0.395 e. The topological polar surface area (TPSA) is 119 Å². The zero-order chi connectivity index (χ0) is 20.2. The number of allylic oxidation sites excluding steroid dienone is 3. The van der Waals surface area contributed by atoms with Crippen LogP contribution < -0.4 is 10.8 Å². The summed E-state index contributed by atoms with van der Waals surface area (Å²) >= 11 is 0. The Morgan fingerprint density at radius 1 is 1.19 bits per heavy atom. The number of aliphatic hydroxyl groups is 1. The summed E-state index contributed by atoms with van der Waals surface area (Å²) in [6.07, 6.45) is 6.52. The van der Waals surface area contributed by atoms with Gasteiger partial charge in [-0.25, -0.2) is 5.48 Å². The van der Waals surface area contributed by atoms with Crippen molar-refractivity contribution < 1.29 is 24.7 Å². The Morgan fingerprint density at radius 3 is 2.37 bits per heavy atom. The second kappa shape index (κ2) is 11.4. The van der Waals surface area contributed by atoms with Crippen LogP contribution in [0.2, 0.25) is 0 Å². The maximum absolute atomic E-state index is 12.7. The summed E-state index contributed by atoms with van der Waals surface area (Å²) in [6, 6.07) is 6.48. The van der Waals surface area contributed by atoms with E-state index in [2.05, 4.69) is 11.9 Å². The highest BCUT2D eigenvalue weighted by Gasteiger charge is 2.17. The Bertz CT molecular complexity index is 738. The Hall–Kier alpha value is -3.23. The highest BCUT2D eigenvalue weighted by molar-refractivity contribution is 6.39. The lowest BCUT2D eigenvalue weighted by atomic mass is 10.1. The Labute approximate surface area is 157 Å². The standard InChI is InChI=1S/C19H23N3O5/c1-3-5-15(6-4-2)19(26)22(11-12-23)13-14-7-9-16(10-8-14)20-17(24)18(25)21-27/h3-10,23,27H,1,11-13H2,2H3,(H,20,24)(H,21,25)/b6-4-,15-5+. The van der Waals surface area contributed by atoms with E-state index in [1.807, 2.05) is 0 Å². The average Bonchev–Trinajstić information content (AvgIpc) is 2.67. The number of carbonyl (C=O) groups is 3. The Morgan fingerprint density at radius 2 is 1.85 bits per heavy atom. The van der Waals surface area contributed by atoms with E-state index in [9.17, 15) is 19.5 Å². The second-order valence-electron chi connectivity index (χ2n) is 5.40. The molecular formula is C19H23N3O5. The van der Waals surface area contributed by atoms with Gasteiger partial charge in [0.15, 0.2) is 0 Å². The predicted octanol–water partition coefficient (Wildman–Crippen LogP) is 1.14. The Kier molecular flexibility index (Phi) is 9.21. The van der Waals surface area contributed by atoms with Crippen molar-refractivity contribution in [2.45, 2.75) is 13.5 Å². The number of aliphatic hydroxyl groups excluding tert-OH is 1. The highest BCUT2D eigenvalue weighted by Crippen LogP contribution is 2.14. The van der Waals surface area contributed by atoms with Gasteiger partial charge in [-0.15, -0.1) is 0 Å². The fourth-order valence-corrected chi connectivity index (χ4v) is 2.21. The molecule has 27 heavy (non-hydrogen) atoms. The van der Waals surface area contributed by atoms with Crippen LogP contribution in [0, 0.1) is 0 Å². The number of anilines is 1. The molecule has 8 nitrogen and oxygen atoms in total. The molecule has 0 atom stereocenters. The number of hydrogen-bond donors (Lipinski definition) is 4. The maximum Gasteiger partial charge on any atom is 0.332 e. The molecule has 0 heterocycles. The quantitative estimate of drug-likeness (QED) is 0.179. The van der Waals surface area contributed by atoms with Crippen molar-refractivity contribution in [2.75, 3.05) is 18.5 Å². The molecule has 0 unspecified atom stereocenters. The fraction of sp³-hybridized carbons (Fsp3) is 0.211. The van der Waals surface area contributed by atoms with Crippen LogP contribution >= 0.6 is 0 Å². The van der Waals surface area contributed by atoms with E-state index in [4.69, 9.17) is 5.21 Å². The number of hydrogen-bond acceptors (Lipinski definition) is 5. The molecule has 0 saturated heterocycles. The first-order chi connectivity index (χ1) is 13.0. The molecule has 8 heteroatoms. The van der Waals surface area contributed by atoms with Gasteiger partial charge in [0, 0.05) is 24.4 Å². The lowest BCUT2D eigenvalue weighted by Gasteiger charge is -2.22. The number of benzene rings is 1. The van der Waals surface area contributed by atoms with Gasteiger partial charge in [0.25, 0.3) is 5.91 Å². The maximum atomic E-state index is 12.7. The number of rotatable bonds is 8. The van der Waals surface area contributed by atoms with Gasteiger partial charge < -0.3 is 15.3 Å². The SMILES string of the molecule is C=C/C=C(\C=C/C)C(=O)N(CCO)Cc1ccc(NC(=O)C(=O)NO)cc1. The average molecular weight is 373 g/mol. The molecule has 0 bridgehead atoms. The van der Waals surface area contributed by atoms with Gasteiger partial charge in [0.05, 0.1) is 6.61 Å². The van der Waals surface area contributed by atoms with Crippen molar-refractivity contribution in [1.29, 1.82) is 0 Å². The van der Waals surface area contributed by atoms with Gasteiger partial charge >= 0.3 is 11.8 Å². The molecule has 0 aliphatic heterocycles. The van der Waals surface area contributed by atoms with Crippen LogP contribution in [0.5, 0.6) is 0 Å². The van der Waals surface area contributed by atoms with Gasteiger partial charge in [0.2, 0.25) is 0 Å². The first-order valence-electron chi connectivity index (χ1n) is 8.16. The monoisotopic (exact) mass is 373 g/mol. The van der Waals surface area contributed by atoms with Gasteiger partial charge in [0.1, 0.15) is 0 Å². The van der Waals surface area contributed by atoms with Crippen molar-refractivity contribution in [3.8, 4) is 0 Å². The molecule has 0 fully saturated rings. The van der Waals surface area contributed by atoms with E-state index in [1.165, 1.54) is 16.5 Å². The number of carbonyl (C=O) groups excluding carboxylic acids is 3. The lowest BCUT2D eigenvalue weighted by molar-refractivity contribution is -0.141. The third kappa shape index (κ3) is 6.89. The molecule has 1 aromatic carbocycles. The lowest BCUT2D eigenvalue weighted by Crippen LogP contribution is -2.34. The van der Waals surface area contributed by atoms with E-state index >= 15 is 0 Å². The van der Waals surface area contributed by atoms with Crippen LogP contribution in [-0.2, 0) is 20.9 Å². The van der Waals surface area contributed by atoms with E-state index in [0.29, 0.717) is 11.3 Å². The molecule has 0 radical (unpaired) electrons. The fourth-order valence-electron chi connectivity index (χ4n) is 2.21. The van der Waals surface area contributed by atoms with Crippen molar-refractivity contribution in [1.82, 2.24) is 10.4 Å². The molecular weight excluding hydrogens is 350 g/mol. The zero-order valence-corrected chi connectivity index (χ0v) is 15.0. The number of amides is 3. The third-order valence-electron chi connectivity index (χ3n) is 3.44. The molecule has 0 aliphatic carbocycles. The number of hydroxylamine groups is 1. The van der Waals surface area contributed by atoms with E-state index in [1.54, 1.807) is 49.4 Å². The summed E-state index contributed by atoms with van der Waals surface area (Å²) in [5.41, 5.74) is 2.81. The van der Waals surface area contributed by atoms with Crippen LogP contribution in [0.15, 0.2) is 60.7 Å². The first-order valence-corrected chi connectivity index (χ1v) is 8.16. The van der Waals surface area contributed by atoms with Crippen LogP contribution in [0.3, 0.4) is 0 Å². The molecule has 0 spiro atoms. The smallest absolute Gasteiger partial charge is 0.332 e. The molecule has 0 aliphatic rings. The number of nitrogens with one attached hydrogen (secondary N) is 2. The van der Waals surface area contributed by atoms with Crippen molar-refractivity contribution >= 4 is 23.4 Å². The van der Waals surface area contributed by atoms with Gasteiger partial charge in [-0.2, -0.15) is 0 Å². The third-order valence-corrected chi connectivity index (χ3v) is 3.44. The van der Waals surface area contributed by atoms with Crippen LogP contribution in [0.4, 0.5) is 5.69 Å². The van der Waals surface area contributed by atoms with E-state index in [0.717, 1.165) is 5.56 Å². The Balaban J connectivity index is 2.90.